The van der Waals surface area contributed by atoms with Crippen LogP contribution in [0.5, 0.6) is 0 Å². The summed E-state index contributed by atoms with van der Waals surface area (Å²) >= 11 is 0. The van der Waals surface area contributed by atoms with Gasteiger partial charge in [0.2, 0.25) is 0 Å². The van der Waals surface area contributed by atoms with Crippen LogP contribution in [0.3, 0.4) is 0 Å². The third-order valence-corrected chi connectivity index (χ3v) is 5.61. The van der Waals surface area contributed by atoms with Gasteiger partial charge in [0, 0.05) is 12.0 Å². The second kappa shape index (κ2) is 4.81. The Kier molecular flexibility index (Phi) is 3.63. The van der Waals surface area contributed by atoms with E-state index in [1.54, 1.807) is 0 Å². The summed E-state index contributed by atoms with van der Waals surface area (Å²) in [7, 11) is 0. The van der Waals surface area contributed by atoms with Gasteiger partial charge in [0.1, 0.15) is 0 Å². The molecule has 3 unspecified atom stereocenters. The maximum Gasteiger partial charge on any atom is 0.327 e. The molecule has 2 fully saturated rings. The summed E-state index contributed by atoms with van der Waals surface area (Å²) in [6.45, 7) is 11.3. The first-order chi connectivity index (χ1) is 8.77. The third kappa shape index (κ3) is 2.50. The maximum atomic E-state index is 10.8. The average Bonchev–Trinajstić information content (AvgIpc) is 2.26. The van der Waals surface area contributed by atoms with Crippen molar-refractivity contribution in [1.82, 2.24) is 0 Å². The number of allylic oxidation sites excluding steroid dienone is 2. The monoisotopic (exact) mass is 262 g/mol. The van der Waals surface area contributed by atoms with Crippen LogP contribution in [0.15, 0.2) is 24.3 Å². The van der Waals surface area contributed by atoms with E-state index in [1.807, 2.05) is 6.08 Å². The predicted octanol–water partition coefficient (Wildman–Crippen LogP) is 4.43. The molecule has 0 spiro atoms. The zero-order valence-corrected chi connectivity index (χ0v) is 12.4. The van der Waals surface area contributed by atoms with E-state index in [4.69, 9.17) is 5.11 Å². The fourth-order valence-corrected chi connectivity index (χ4v) is 4.74. The molecule has 0 aromatic heterocycles. The molecule has 0 bridgehead atoms. The summed E-state index contributed by atoms with van der Waals surface area (Å²) in [4.78, 5) is 10.8. The lowest BCUT2D eigenvalue weighted by molar-refractivity contribution is -0.131. The largest absolute Gasteiger partial charge is 0.478 e. The number of rotatable bonds is 2. The van der Waals surface area contributed by atoms with Crippen molar-refractivity contribution < 1.29 is 9.90 Å². The summed E-state index contributed by atoms with van der Waals surface area (Å²) in [5, 5.41) is 8.90. The zero-order valence-electron chi connectivity index (χ0n) is 12.4. The first kappa shape index (κ1) is 14.4. The Morgan fingerprint density at radius 3 is 2.68 bits per heavy atom. The number of hydrogen-bond acceptors (Lipinski definition) is 1. The fraction of sp³-hybridized carbons (Fsp3) is 0.706. The van der Waals surface area contributed by atoms with E-state index >= 15 is 0 Å². The molecule has 0 aliphatic heterocycles. The van der Waals surface area contributed by atoms with Gasteiger partial charge in [-0.3, -0.25) is 0 Å². The summed E-state index contributed by atoms with van der Waals surface area (Å²) in [6, 6.07) is 0. The Morgan fingerprint density at radius 1 is 1.37 bits per heavy atom. The zero-order chi connectivity index (χ0) is 14.3. The minimum Gasteiger partial charge on any atom is -0.478 e. The van der Waals surface area contributed by atoms with Gasteiger partial charge in [-0.15, -0.1) is 0 Å². The van der Waals surface area contributed by atoms with Crippen molar-refractivity contribution >= 4 is 5.97 Å². The van der Waals surface area contributed by atoms with Crippen LogP contribution in [0, 0.1) is 22.7 Å². The van der Waals surface area contributed by atoms with Crippen LogP contribution >= 0.6 is 0 Å². The first-order valence-corrected chi connectivity index (χ1v) is 7.36. The molecule has 106 valence electrons. The second-order valence-electron chi connectivity index (χ2n) is 7.27. The highest BCUT2D eigenvalue weighted by atomic mass is 16.4. The molecule has 2 aliphatic carbocycles. The van der Waals surface area contributed by atoms with Crippen molar-refractivity contribution in [1.29, 1.82) is 0 Å². The number of carbonyl (C=O) groups is 1. The highest BCUT2D eigenvalue weighted by Crippen LogP contribution is 2.61. The minimum absolute atomic E-state index is 0.184. The van der Waals surface area contributed by atoms with Crippen LogP contribution in [0.25, 0.3) is 0 Å². The van der Waals surface area contributed by atoms with Gasteiger partial charge < -0.3 is 5.11 Å². The van der Waals surface area contributed by atoms with Crippen molar-refractivity contribution in [3.05, 3.63) is 24.3 Å². The van der Waals surface area contributed by atoms with E-state index in [2.05, 4.69) is 27.4 Å². The van der Waals surface area contributed by atoms with Gasteiger partial charge in [0.15, 0.2) is 0 Å². The number of aliphatic carboxylic acids is 1. The molecule has 0 aromatic carbocycles. The van der Waals surface area contributed by atoms with E-state index in [1.165, 1.54) is 37.3 Å². The lowest BCUT2D eigenvalue weighted by atomic mass is 9.47. The SMILES string of the molecule is C=C1CCC2C(C)(C)CCCC2(C)C1C=CC(=O)O. The molecule has 19 heavy (non-hydrogen) atoms. The Balaban J connectivity index is 2.35. The van der Waals surface area contributed by atoms with E-state index < -0.39 is 5.97 Å². The van der Waals surface area contributed by atoms with Gasteiger partial charge in [-0.25, -0.2) is 4.79 Å². The topological polar surface area (TPSA) is 37.3 Å². The predicted molar refractivity (Wildman–Crippen MR) is 77.9 cm³/mol. The van der Waals surface area contributed by atoms with Crippen LogP contribution in [0.2, 0.25) is 0 Å². The van der Waals surface area contributed by atoms with Crippen LogP contribution in [0.4, 0.5) is 0 Å². The van der Waals surface area contributed by atoms with Crippen molar-refractivity contribution in [3.63, 3.8) is 0 Å². The lowest BCUT2D eigenvalue weighted by Gasteiger charge is -2.57. The Morgan fingerprint density at radius 2 is 2.05 bits per heavy atom. The van der Waals surface area contributed by atoms with Crippen molar-refractivity contribution in [3.8, 4) is 0 Å². The number of carboxylic acids is 1. The Labute approximate surface area is 116 Å². The van der Waals surface area contributed by atoms with Gasteiger partial charge in [0.05, 0.1) is 0 Å². The first-order valence-electron chi connectivity index (χ1n) is 7.36. The Bertz CT molecular complexity index is 419. The highest BCUT2D eigenvalue weighted by Gasteiger charge is 2.52. The standard InChI is InChI=1S/C17H26O2/c1-12-6-8-14-16(2,3)10-5-11-17(14,4)13(12)7-9-15(18)19/h7,9,13-14H,1,5-6,8,10-11H2,2-4H3,(H,18,19). The smallest absolute Gasteiger partial charge is 0.327 e. The van der Waals surface area contributed by atoms with Crippen molar-refractivity contribution in [2.45, 2.75) is 52.9 Å². The highest BCUT2D eigenvalue weighted by molar-refractivity contribution is 5.79. The lowest BCUT2D eigenvalue weighted by Crippen LogP contribution is -2.48. The second-order valence-corrected chi connectivity index (χ2v) is 7.27. The molecule has 0 amide bonds. The number of carboxylic acid groups (broad SMARTS) is 1. The summed E-state index contributed by atoms with van der Waals surface area (Å²) in [5.41, 5.74) is 1.76. The number of hydrogen-bond donors (Lipinski definition) is 1. The van der Waals surface area contributed by atoms with Crippen LogP contribution in [-0.4, -0.2) is 11.1 Å². The van der Waals surface area contributed by atoms with Gasteiger partial charge in [-0.05, 0) is 42.4 Å². The van der Waals surface area contributed by atoms with E-state index in [9.17, 15) is 4.79 Å². The van der Waals surface area contributed by atoms with E-state index in [0.29, 0.717) is 11.3 Å². The summed E-state index contributed by atoms with van der Waals surface area (Å²) < 4.78 is 0. The summed E-state index contributed by atoms with van der Waals surface area (Å²) in [6.07, 6.45) is 9.16. The molecule has 2 aliphatic rings. The Hall–Kier alpha value is -1.05. The van der Waals surface area contributed by atoms with Crippen LogP contribution in [0.1, 0.15) is 52.9 Å². The summed E-state index contributed by atoms with van der Waals surface area (Å²) in [5.74, 6) is 0.0400. The van der Waals surface area contributed by atoms with E-state index in [-0.39, 0.29) is 11.3 Å². The molecular formula is C17H26O2. The number of fused-ring (bicyclic) bond motifs is 1. The average molecular weight is 262 g/mol. The van der Waals surface area contributed by atoms with Gasteiger partial charge >= 0.3 is 5.97 Å². The van der Waals surface area contributed by atoms with Crippen molar-refractivity contribution in [2.75, 3.05) is 0 Å². The molecule has 1 N–H and O–H groups in total. The van der Waals surface area contributed by atoms with Crippen LogP contribution in [-0.2, 0) is 4.79 Å². The van der Waals surface area contributed by atoms with E-state index in [0.717, 1.165) is 6.42 Å². The quantitative estimate of drug-likeness (QED) is 0.590. The normalized spacial score (nSPS) is 38.2. The molecule has 0 saturated heterocycles. The molecule has 2 nitrogen and oxygen atoms in total. The molecule has 3 atom stereocenters. The molecular weight excluding hydrogens is 236 g/mol. The fourth-order valence-electron chi connectivity index (χ4n) is 4.74. The molecule has 0 aromatic rings. The van der Waals surface area contributed by atoms with Crippen molar-refractivity contribution in [2.24, 2.45) is 22.7 Å². The maximum absolute atomic E-state index is 10.8. The van der Waals surface area contributed by atoms with Gasteiger partial charge in [-0.1, -0.05) is 45.4 Å². The molecule has 2 rings (SSSR count). The van der Waals surface area contributed by atoms with Crippen LogP contribution < -0.4 is 0 Å². The molecule has 2 saturated carbocycles. The molecule has 0 radical (unpaired) electrons. The van der Waals surface area contributed by atoms with Gasteiger partial charge in [-0.2, -0.15) is 0 Å². The molecule has 2 heteroatoms. The van der Waals surface area contributed by atoms with Gasteiger partial charge in [0.25, 0.3) is 0 Å². The third-order valence-electron chi connectivity index (χ3n) is 5.61. The minimum atomic E-state index is -0.853. The molecule has 0 heterocycles.